The third-order valence-electron chi connectivity index (χ3n) is 1.75. The number of aromatic hydroxyl groups is 1. The zero-order valence-electron chi connectivity index (χ0n) is 7.38. The van der Waals surface area contributed by atoms with Crippen molar-refractivity contribution in [3.05, 3.63) is 30.3 Å². The number of allylic oxidation sites excluding steroid dienone is 1. The second-order valence-electron chi connectivity index (χ2n) is 2.62. The van der Waals surface area contributed by atoms with Crippen molar-refractivity contribution in [3.8, 4) is 11.5 Å². The Morgan fingerprint density at radius 2 is 2.31 bits per heavy atom. The van der Waals surface area contributed by atoms with E-state index in [2.05, 4.69) is 22.5 Å². The van der Waals surface area contributed by atoms with Crippen LogP contribution in [0.3, 0.4) is 0 Å². The number of methoxy groups -OCH3 is 1. The van der Waals surface area contributed by atoms with Crippen LogP contribution in [0, 0.1) is 0 Å². The van der Waals surface area contributed by atoms with Crippen LogP contribution in [0.4, 0.5) is 0 Å². The average molecular weight is 243 g/mol. The van der Waals surface area contributed by atoms with Crippen LogP contribution in [0.25, 0.3) is 5.57 Å². The molecular formula is C10H11BrO2. The Kier molecular flexibility index (Phi) is 3.37. The lowest BCUT2D eigenvalue weighted by atomic mass is 10.1. The second kappa shape index (κ2) is 4.33. The number of hydrogen-bond donors (Lipinski definition) is 1. The summed E-state index contributed by atoms with van der Waals surface area (Å²) in [6.45, 7) is 3.81. The SMILES string of the molecule is C=C(CBr)c1ccc(OC)cc1O. The summed E-state index contributed by atoms with van der Waals surface area (Å²) in [5.74, 6) is 0.840. The molecule has 1 aromatic carbocycles. The number of benzene rings is 1. The highest BCUT2D eigenvalue weighted by atomic mass is 79.9. The quantitative estimate of drug-likeness (QED) is 0.827. The van der Waals surface area contributed by atoms with Crippen molar-refractivity contribution in [2.75, 3.05) is 12.4 Å². The Hall–Kier alpha value is -0.960. The number of phenols is 1. The molecule has 0 fully saturated rings. The summed E-state index contributed by atoms with van der Waals surface area (Å²) in [4.78, 5) is 0. The van der Waals surface area contributed by atoms with E-state index in [1.165, 1.54) is 0 Å². The van der Waals surface area contributed by atoms with Crippen molar-refractivity contribution in [1.82, 2.24) is 0 Å². The summed E-state index contributed by atoms with van der Waals surface area (Å²) < 4.78 is 4.96. The Labute approximate surface area is 86.0 Å². The number of halogens is 1. The van der Waals surface area contributed by atoms with Crippen molar-refractivity contribution in [3.63, 3.8) is 0 Å². The molecule has 0 aliphatic rings. The molecule has 0 bridgehead atoms. The van der Waals surface area contributed by atoms with Gasteiger partial charge in [-0.25, -0.2) is 0 Å². The molecule has 0 aliphatic carbocycles. The fourth-order valence-electron chi connectivity index (χ4n) is 1.01. The van der Waals surface area contributed by atoms with Crippen molar-refractivity contribution < 1.29 is 9.84 Å². The summed E-state index contributed by atoms with van der Waals surface area (Å²) in [6.07, 6.45) is 0. The fourth-order valence-corrected chi connectivity index (χ4v) is 1.31. The first-order valence-electron chi connectivity index (χ1n) is 3.80. The molecule has 0 radical (unpaired) electrons. The zero-order chi connectivity index (χ0) is 9.84. The maximum Gasteiger partial charge on any atom is 0.126 e. The minimum Gasteiger partial charge on any atom is -0.507 e. The maximum atomic E-state index is 9.56. The van der Waals surface area contributed by atoms with Gasteiger partial charge in [0.1, 0.15) is 11.5 Å². The second-order valence-corrected chi connectivity index (χ2v) is 3.18. The van der Waals surface area contributed by atoms with E-state index in [0.717, 1.165) is 11.1 Å². The predicted octanol–water partition coefficient (Wildman–Crippen LogP) is 2.81. The molecule has 0 heterocycles. The Balaban J connectivity index is 3.05. The highest BCUT2D eigenvalue weighted by Gasteiger charge is 2.04. The molecular weight excluding hydrogens is 232 g/mol. The first-order valence-corrected chi connectivity index (χ1v) is 4.92. The van der Waals surface area contributed by atoms with Crippen LogP contribution in [0.5, 0.6) is 11.5 Å². The summed E-state index contributed by atoms with van der Waals surface area (Å²) in [6, 6.07) is 5.16. The van der Waals surface area contributed by atoms with Crippen LogP contribution in [-0.2, 0) is 0 Å². The third kappa shape index (κ3) is 2.25. The van der Waals surface area contributed by atoms with Crippen molar-refractivity contribution in [2.24, 2.45) is 0 Å². The number of alkyl halides is 1. The molecule has 0 unspecified atom stereocenters. The number of rotatable bonds is 3. The first kappa shape index (κ1) is 10.1. The third-order valence-corrected chi connectivity index (χ3v) is 2.42. The number of phenolic OH excluding ortho intramolecular Hbond substituents is 1. The van der Waals surface area contributed by atoms with Crippen LogP contribution >= 0.6 is 15.9 Å². The van der Waals surface area contributed by atoms with Gasteiger partial charge in [-0.2, -0.15) is 0 Å². The molecule has 0 aromatic heterocycles. The van der Waals surface area contributed by atoms with Gasteiger partial charge < -0.3 is 9.84 Å². The molecule has 1 aromatic rings. The highest BCUT2D eigenvalue weighted by Crippen LogP contribution is 2.28. The molecule has 0 atom stereocenters. The lowest BCUT2D eigenvalue weighted by Crippen LogP contribution is -1.87. The van der Waals surface area contributed by atoms with Gasteiger partial charge in [-0.15, -0.1) is 0 Å². The lowest BCUT2D eigenvalue weighted by Gasteiger charge is -2.06. The molecule has 1 N–H and O–H groups in total. The van der Waals surface area contributed by atoms with E-state index in [4.69, 9.17) is 4.74 Å². The smallest absolute Gasteiger partial charge is 0.126 e. The molecule has 13 heavy (non-hydrogen) atoms. The highest BCUT2D eigenvalue weighted by molar-refractivity contribution is 9.09. The predicted molar refractivity (Wildman–Crippen MR) is 57.5 cm³/mol. The standard InChI is InChI=1S/C10H11BrO2/c1-7(6-11)9-4-3-8(13-2)5-10(9)12/h3-5,12H,1,6H2,2H3. The van der Waals surface area contributed by atoms with E-state index in [1.54, 1.807) is 25.3 Å². The van der Waals surface area contributed by atoms with Crippen LogP contribution < -0.4 is 4.74 Å². The van der Waals surface area contributed by atoms with Crippen molar-refractivity contribution >= 4 is 21.5 Å². The molecule has 1 rings (SSSR count). The molecule has 0 saturated heterocycles. The lowest BCUT2D eigenvalue weighted by molar-refractivity contribution is 0.407. The van der Waals surface area contributed by atoms with Crippen LogP contribution in [0.2, 0.25) is 0 Å². The van der Waals surface area contributed by atoms with Gasteiger partial charge in [-0.05, 0) is 17.7 Å². The molecule has 2 nitrogen and oxygen atoms in total. The average Bonchev–Trinajstić information content (AvgIpc) is 2.16. The van der Waals surface area contributed by atoms with E-state index < -0.39 is 0 Å². The molecule has 3 heteroatoms. The van der Waals surface area contributed by atoms with Gasteiger partial charge in [0, 0.05) is 17.0 Å². The Morgan fingerprint density at radius 3 is 2.77 bits per heavy atom. The van der Waals surface area contributed by atoms with Gasteiger partial charge in [0.2, 0.25) is 0 Å². The van der Waals surface area contributed by atoms with Gasteiger partial charge in [-0.3, -0.25) is 0 Å². The van der Waals surface area contributed by atoms with E-state index in [0.29, 0.717) is 11.1 Å². The fraction of sp³-hybridized carbons (Fsp3) is 0.200. The van der Waals surface area contributed by atoms with Crippen molar-refractivity contribution in [1.29, 1.82) is 0 Å². The van der Waals surface area contributed by atoms with Crippen LogP contribution in [-0.4, -0.2) is 17.5 Å². The largest absolute Gasteiger partial charge is 0.507 e. The minimum atomic E-state index is 0.198. The molecule has 0 saturated carbocycles. The Morgan fingerprint density at radius 1 is 1.62 bits per heavy atom. The monoisotopic (exact) mass is 242 g/mol. The molecule has 0 amide bonds. The van der Waals surface area contributed by atoms with Crippen molar-refractivity contribution in [2.45, 2.75) is 0 Å². The van der Waals surface area contributed by atoms with Crippen LogP contribution in [0.1, 0.15) is 5.56 Å². The van der Waals surface area contributed by atoms with E-state index >= 15 is 0 Å². The summed E-state index contributed by atoms with van der Waals surface area (Å²) in [7, 11) is 1.56. The molecule has 0 aliphatic heterocycles. The summed E-state index contributed by atoms with van der Waals surface area (Å²) in [5.41, 5.74) is 1.60. The van der Waals surface area contributed by atoms with Gasteiger partial charge in [0.05, 0.1) is 7.11 Å². The van der Waals surface area contributed by atoms with E-state index in [-0.39, 0.29) is 5.75 Å². The minimum absolute atomic E-state index is 0.198. The van der Waals surface area contributed by atoms with Gasteiger partial charge in [-0.1, -0.05) is 22.5 Å². The number of ether oxygens (including phenoxy) is 1. The van der Waals surface area contributed by atoms with Gasteiger partial charge in [0.15, 0.2) is 0 Å². The molecule has 70 valence electrons. The molecule has 0 spiro atoms. The summed E-state index contributed by atoms with van der Waals surface area (Å²) >= 11 is 3.28. The van der Waals surface area contributed by atoms with Gasteiger partial charge in [0.25, 0.3) is 0 Å². The number of hydrogen-bond acceptors (Lipinski definition) is 2. The van der Waals surface area contributed by atoms with E-state index in [1.807, 2.05) is 0 Å². The normalized spacial score (nSPS) is 9.69. The zero-order valence-corrected chi connectivity index (χ0v) is 8.97. The first-order chi connectivity index (χ1) is 6.19. The van der Waals surface area contributed by atoms with Gasteiger partial charge >= 0.3 is 0 Å². The summed E-state index contributed by atoms with van der Waals surface area (Å²) in [5, 5.41) is 10.2. The maximum absolute atomic E-state index is 9.56. The Bertz CT molecular complexity index is 321. The van der Waals surface area contributed by atoms with E-state index in [9.17, 15) is 5.11 Å². The topological polar surface area (TPSA) is 29.5 Å². The van der Waals surface area contributed by atoms with Crippen LogP contribution in [0.15, 0.2) is 24.8 Å².